The second-order valence-electron chi connectivity index (χ2n) is 6.04. The third-order valence-electron chi connectivity index (χ3n) is 3.67. The summed E-state index contributed by atoms with van der Waals surface area (Å²) in [5, 5.41) is 4.68. The number of hydrogen-bond donors (Lipinski definition) is 1. The average molecular weight is 336 g/mol. The van der Waals surface area contributed by atoms with Crippen LogP contribution in [0.5, 0.6) is 0 Å². The van der Waals surface area contributed by atoms with Gasteiger partial charge in [0.1, 0.15) is 0 Å². The van der Waals surface area contributed by atoms with Crippen molar-refractivity contribution < 1.29 is 0 Å². The third-order valence-corrected chi connectivity index (χ3v) is 4.41. The van der Waals surface area contributed by atoms with E-state index in [-0.39, 0.29) is 0 Å². The van der Waals surface area contributed by atoms with Crippen LogP contribution in [0.1, 0.15) is 32.3 Å². The maximum Gasteiger partial charge on any atom is 0.0598 e. The molecule has 0 unspecified atom stereocenters. The summed E-state index contributed by atoms with van der Waals surface area (Å²) < 4.78 is 0. The van der Waals surface area contributed by atoms with Crippen LogP contribution in [0.2, 0.25) is 10.0 Å². The lowest BCUT2D eigenvalue weighted by molar-refractivity contribution is 0.527. The van der Waals surface area contributed by atoms with E-state index in [1.165, 1.54) is 18.4 Å². The van der Waals surface area contributed by atoms with E-state index in [0.717, 1.165) is 30.1 Å². The van der Waals surface area contributed by atoms with E-state index in [1.807, 2.05) is 18.2 Å². The fourth-order valence-corrected chi connectivity index (χ4v) is 2.66. The summed E-state index contributed by atoms with van der Waals surface area (Å²) in [6.07, 6.45) is 2.52. The Balaban J connectivity index is 1.88. The van der Waals surface area contributed by atoms with Gasteiger partial charge in [-0.25, -0.2) is 0 Å². The van der Waals surface area contributed by atoms with Crippen LogP contribution in [-0.4, -0.2) is 6.54 Å². The molecule has 0 saturated carbocycles. The quantitative estimate of drug-likeness (QED) is 0.595. The van der Waals surface area contributed by atoms with Crippen molar-refractivity contribution in [1.29, 1.82) is 0 Å². The van der Waals surface area contributed by atoms with Gasteiger partial charge in [0.25, 0.3) is 0 Å². The molecule has 0 aromatic heterocycles. The predicted molar refractivity (Wildman–Crippen MR) is 97.7 cm³/mol. The van der Waals surface area contributed by atoms with Gasteiger partial charge in [-0.15, -0.1) is 0 Å². The predicted octanol–water partition coefficient (Wildman–Crippen LogP) is 6.19. The molecule has 1 nitrogen and oxygen atoms in total. The van der Waals surface area contributed by atoms with Crippen LogP contribution in [0.15, 0.2) is 42.5 Å². The van der Waals surface area contributed by atoms with Gasteiger partial charge in [-0.05, 0) is 54.1 Å². The van der Waals surface area contributed by atoms with Gasteiger partial charge in [0.05, 0.1) is 10.0 Å². The zero-order valence-corrected chi connectivity index (χ0v) is 14.7. The van der Waals surface area contributed by atoms with Crippen molar-refractivity contribution in [2.45, 2.75) is 33.2 Å². The Hall–Kier alpha value is -1.02. The lowest BCUT2D eigenvalue weighted by Gasteiger charge is -2.08. The molecule has 0 amide bonds. The summed E-state index contributed by atoms with van der Waals surface area (Å²) in [5.41, 5.74) is 3.54. The van der Waals surface area contributed by atoms with E-state index >= 15 is 0 Å². The van der Waals surface area contributed by atoms with Crippen molar-refractivity contribution in [3.05, 3.63) is 58.1 Å². The summed E-state index contributed by atoms with van der Waals surface area (Å²) in [4.78, 5) is 0. The third kappa shape index (κ3) is 5.31. The molecule has 2 aromatic carbocycles. The highest BCUT2D eigenvalue weighted by Gasteiger charge is 2.02. The molecule has 118 valence electrons. The molecule has 1 N–H and O–H groups in total. The van der Waals surface area contributed by atoms with E-state index in [4.69, 9.17) is 23.2 Å². The van der Waals surface area contributed by atoms with Crippen LogP contribution in [0.25, 0.3) is 11.1 Å². The van der Waals surface area contributed by atoms with E-state index in [1.54, 1.807) is 0 Å². The maximum absolute atomic E-state index is 6.07. The molecule has 2 aromatic rings. The van der Waals surface area contributed by atoms with E-state index < -0.39 is 0 Å². The van der Waals surface area contributed by atoms with Crippen molar-refractivity contribution in [1.82, 2.24) is 5.32 Å². The zero-order valence-electron chi connectivity index (χ0n) is 13.2. The van der Waals surface area contributed by atoms with Gasteiger partial charge in [0.2, 0.25) is 0 Å². The van der Waals surface area contributed by atoms with Gasteiger partial charge in [-0.2, -0.15) is 0 Å². The second-order valence-corrected chi connectivity index (χ2v) is 6.85. The summed E-state index contributed by atoms with van der Waals surface area (Å²) in [7, 11) is 0. The smallest absolute Gasteiger partial charge is 0.0598 e. The number of nitrogens with one attached hydrogen (secondary N) is 1. The highest BCUT2D eigenvalue weighted by atomic mass is 35.5. The molecular formula is C19H23Cl2N. The molecule has 0 atom stereocenters. The molecule has 0 aliphatic carbocycles. The van der Waals surface area contributed by atoms with Crippen LogP contribution in [0, 0.1) is 5.92 Å². The number of rotatable bonds is 7. The first kappa shape index (κ1) is 17.3. The Morgan fingerprint density at radius 3 is 2.23 bits per heavy atom. The summed E-state index contributed by atoms with van der Waals surface area (Å²) in [6.45, 7) is 6.52. The molecule has 0 heterocycles. The first-order valence-corrected chi connectivity index (χ1v) is 8.57. The van der Waals surface area contributed by atoms with Gasteiger partial charge >= 0.3 is 0 Å². The second kappa shape index (κ2) is 8.57. The topological polar surface area (TPSA) is 12.0 Å². The van der Waals surface area contributed by atoms with E-state index in [0.29, 0.717) is 10.0 Å². The number of hydrogen-bond acceptors (Lipinski definition) is 1. The zero-order chi connectivity index (χ0) is 15.9. The van der Waals surface area contributed by atoms with Gasteiger partial charge in [-0.3, -0.25) is 0 Å². The van der Waals surface area contributed by atoms with Crippen LogP contribution in [0.4, 0.5) is 0 Å². The lowest BCUT2D eigenvalue weighted by Crippen LogP contribution is -2.15. The van der Waals surface area contributed by atoms with Crippen molar-refractivity contribution in [3.63, 3.8) is 0 Å². The minimum atomic E-state index is 0.590. The molecule has 0 radical (unpaired) electrons. The van der Waals surface area contributed by atoms with Crippen LogP contribution in [0.3, 0.4) is 0 Å². The fraction of sp³-hybridized carbons (Fsp3) is 0.368. The molecule has 22 heavy (non-hydrogen) atoms. The summed E-state index contributed by atoms with van der Waals surface area (Å²) in [5.74, 6) is 0.785. The van der Waals surface area contributed by atoms with Crippen LogP contribution in [-0.2, 0) is 6.54 Å². The van der Waals surface area contributed by atoms with E-state index in [9.17, 15) is 0 Å². The highest BCUT2D eigenvalue weighted by Crippen LogP contribution is 2.28. The fourth-order valence-electron chi connectivity index (χ4n) is 2.36. The first-order valence-electron chi connectivity index (χ1n) is 7.81. The van der Waals surface area contributed by atoms with Gasteiger partial charge < -0.3 is 5.32 Å². The summed E-state index contributed by atoms with van der Waals surface area (Å²) in [6, 6.07) is 14.3. The minimum Gasteiger partial charge on any atom is -0.313 e. The Labute approximate surface area is 143 Å². The standard InChI is InChI=1S/C19H23Cl2N/c1-14(2)4-3-11-22-13-15-5-7-16(8-6-15)17-9-10-18(20)19(21)12-17/h5-10,12,14,22H,3-4,11,13H2,1-2H3. The molecule has 2 rings (SSSR count). The molecule has 0 fully saturated rings. The Bertz CT molecular complexity index is 591. The lowest BCUT2D eigenvalue weighted by atomic mass is 10.0. The number of halogens is 2. The Kier molecular flexibility index (Phi) is 6.75. The largest absolute Gasteiger partial charge is 0.313 e. The van der Waals surface area contributed by atoms with Crippen molar-refractivity contribution in [3.8, 4) is 11.1 Å². The van der Waals surface area contributed by atoms with Crippen LogP contribution >= 0.6 is 23.2 Å². The monoisotopic (exact) mass is 335 g/mol. The number of benzene rings is 2. The molecular weight excluding hydrogens is 313 g/mol. The van der Waals surface area contributed by atoms with Gasteiger partial charge in [0, 0.05) is 6.54 Å². The summed E-state index contributed by atoms with van der Waals surface area (Å²) >= 11 is 12.0. The first-order chi connectivity index (χ1) is 10.6. The van der Waals surface area contributed by atoms with E-state index in [2.05, 4.69) is 43.4 Å². The molecule has 0 spiro atoms. The molecule has 0 saturated heterocycles. The highest BCUT2D eigenvalue weighted by molar-refractivity contribution is 6.42. The van der Waals surface area contributed by atoms with Crippen molar-refractivity contribution >= 4 is 23.2 Å². The van der Waals surface area contributed by atoms with Crippen LogP contribution < -0.4 is 5.32 Å². The average Bonchev–Trinajstić information content (AvgIpc) is 2.50. The van der Waals surface area contributed by atoms with Crippen molar-refractivity contribution in [2.24, 2.45) is 5.92 Å². The van der Waals surface area contributed by atoms with Gasteiger partial charge in [-0.1, -0.05) is 67.4 Å². The van der Waals surface area contributed by atoms with Crippen molar-refractivity contribution in [2.75, 3.05) is 6.54 Å². The molecule has 0 aliphatic heterocycles. The SMILES string of the molecule is CC(C)CCCNCc1ccc(-c2ccc(Cl)c(Cl)c2)cc1. The maximum atomic E-state index is 6.07. The Morgan fingerprint density at radius 1 is 0.909 bits per heavy atom. The minimum absolute atomic E-state index is 0.590. The molecule has 0 aliphatic rings. The molecule has 3 heteroatoms. The normalized spacial score (nSPS) is 11.1. The van der Waals surface area contributed by atoms with Gasteiger partial charge in [0.15, 0.2) is 0 Å². The Morgan fingerprint density at radius 2 is 1.59 bits per heavy atom. The molecule has 0 bridgehead atoms.